The van der Waals surface area contributed by atoms with E-state index in [4.69, 9.17) is 16.2 Å². The standard InChI is InChI=1S/C25H30N6O3/c1-17-4-2-3-5-20(17)25(33)28-16-18-6-8-19(9-7-18)22-21(24(27)32)23(26)31(29-22)11-10-30-12-14-34-15-13-30/h2-9H,10-16,26H2,1H3,(H2,27,32)(H,28,33). The number of aryl methyl sites for hydroxylation is 1. The Hall–Kier alpha value is -3.69. The number of primary amides is 1. The van der Waals surface area contributed by atoms with Crippen LogP contribution >= 0.6 is 0 Å². The predicted molar refractivity (Wildman–Crippen MR) is 130 cm³/mol. The number of benzene rings is 2. The number of hydrogen-bond acceptors (Lipinski definition) is 6. The summed E-state index contributed by atoms with van der Waals surface area (Å²) in [5.41, 5.74) is 15.8. The molecule has 1 fully saturated rings. The van der Waals surface area contributed by atoms with Gasteiger partial charge in [-0.2, -0.15) is 5.10 Å². The number of rotatable bonds is 8. The van der Waals surface area contributed by atoms with Crippen LogP contribution in [0.1, 0.15) is 31.8 Å². The second kappa shape index (κ2) is 10.5. The van der Waals surface area contributed by atoms with E-state index in [1.807, 2.05) is 49.4 Å². The van der Waals surface area contributed by atoms with Crippen LogP contribution in [0.25, 0.3) is 11.3 Å². The smallest absolute Gasteiger partial charge is 0.254 e. The van der Waals surface area contributed by atoms with Gasteiger partial charge in [0.05, 0.1) is 19.8 Å². The van der Waals surface area contributed by atoms with Crippen LogP contribution in [-0.4, -0.2) is 59.3 Å². The van der Waals surface area contributed by atoms with E-state index in [-0.39, 0.29) is 17.3 Å². The van der Waals surface area contributed by atoms with E-state index in [0.29, 0.717) is 37.6 Å². The zero-order valence-corrected chi connectivity index (χ0v) is 19.3. The van der Waals surface area contributed by atoms with Crippen molar-refractivity contribution in [2.45, 2.75) is 20.0 Å². The van der Waals surface area contributed by atoms with E-state index in [0.717, 1.165) is 36.3 Å². The van der Waals surface area contributed by atoms with Crippen LogP contribution in [0.4, 0.5) is 5.82 Å². The van der Waals surface area contributed by atoms with Crippen molar-refractivity contribution in [3.63, 3.8) is 0 Å². The number of nitrogens with zero attached hydrogens (tertiary/aromatic N) is 3. The molecule has 1 saturated heterocycles. The van der Waals surface area contributed by atoms with Crippen LogP contribution in [0.5, 0.6) is 0 Å². The fraction of sp³-hybridized carbons (Fsp3) is 0.320. The summed E-state index contributed by atoms with van der Waals surface area (Å²) in [4.78, 5) is 26.9. The molecule has 0 radical (unpaired) electrons. The van der Waals surface area contributed by atoms with Gasteiger partial charge in [-0.25, -0.2) is 4.68 Å². The highest BCUT2D eigenvalue weighted by molar-refractivity contribution is 6.03. The molecule has 3 aromatic rings. The van der Waals surface area contributed by atoms with Gasteiger partial charge in [-0.15, -0.1) is 0 Å². The van der Waals surface area contributed by atoms with Gasteiger partial charge in [-0.1, -0.05) is 42.5 Å². The molecule has 5 N–H and O–H groups in total. The van der Waals surface area contributed by atoms with Gasteiger partial charge >= 0.3 is 0 Å². The van der Waals surface area contributed by atoms with Gasteiger partial charge in [0, 0.05) is 37.3 Å². The molecule has 2 heterocycles. The van der Waals surface area contributed by atoms with Crippen LogP contribution in [0.2, 0.25) is 0 Å². The SMILES string of the molecule is Cc1ccccc1C(=O)NCc1ccc(-c2nn(CCN3CCOCC3)c(N)c2C(N)=O)cc1. The first kappa shape index (κ1) is 23.5. The second-order valence-corrected chi connectivity index (χ2v) is 8.34. The Balaban J connectivity index is 1.46. The summed E-state index contributed by atoms with van der Waals surface area (Å²) >= 11 is 0. The number of carbonyl (C=O) groups excluding carboxylic acids is 2. The summed E-state index contributed by atoms with van der Waals surface area (Å²) in [6, 6.07) is 15.0. The molecule has 9 heteroatoms. The fourth-order valence-electron chi connectivity index (χ4n) is 4.04. The first-order valence-electron chi connectivity index (χ1n) is 11.3. The lowest BCUT2D eigenvalue weighted by Crippen LogP contribution is -2.38. The van der Waals surface area contributed by atoms with E-state index >= 15 is 0 Å². The Labute approximate surface area is 198 Å². The number of carbonyl (C=O) groups is 2. The topological polar surface area (TPSA) is 128 Å². The summed E-state index contributed by atoms with van der Waals surface area (Å²) in [5.74, 6) is -0.463. The van der Waals surface area contributed by atoms with Gasteiger partial charge in [-0.05, 0) is 24.1 Å². The van der Waals surface area contributed by atoms with Crippen molar-refractivity contribution < 1.29 is 14.3 Å². The van der Waals surface area contributed by atoms with Crippen molar-refractivity contribution >= 4 is 17.6 Å². The molecular weight excluding hydrogens is 432 g/mol. The zero-order chi connectivity index (χ0) is 24.1. The van der Waals surface area contributed by atoms with Gasteiger partial charge in [0.25, 0.3) is 11.8 Å². The zero-order valence-electron chi connectivity index (χ0n) is 19.3. The monoisotopic (exact) mass is 462 g/mol. The average Bonchev–Trinajstić information content (AvgIpc) is 3.18. The quantitative estimate of drug-likeness (QED) is 0.468. The van der Waals surface area contributed by atoms with E-state index in [1.54, 1.807) is 10.7 Å². The summed E-state index contributed by atoms with van der Waals surface area (Å²) in [6.07, 6.45) is 0. The number of ether oxygens (including phenoxy) is 1. The molecule has 1 aliphatic rings. The van der Waals surface area contributed by atoms with E-state index in [1.165, 1.54) is 0 Å². The second-order valence-electron chi connectivity index (χ2n) is 8.34. The summed E-state index contributed by atoms with van der Waals surface area (Å²) in [6.45, 7) is 6.74. The van der Waals surface area contributed by atoms with Gasteiger partial charge in [0.2, 0.25) is 0 Å². The van der Waals surface area contributed by atoms with E-state index in [2.05, 4.69) is 15.3 Å². The Bertz CT molecular complexity index is 1170. The Morgan fingerprint density at radius 2 is 1.76 bits per heavy atom. The number of hydrogen-bond donors (Lipinski definition) is 3. The fourth-order valence-corrected chi connectivity index (χ4v) is 4.04. The van der Waals surface area contributed by atoms with Crippen molar-refractivity contribution in [3.8, 4) is 11.3 Å². The lowest BCUT2D eigenvalue weighted by molar-refractivity contribution is 0.0360. The Morgan fingerprint density at radius 1 is 1.06 bits per heavy atom. The molecule has 178 valence electrons. The molecule has 0 aliphatic carbocycles. The highest BCUT2D eigenvalue weighted by Gasteiger charge is 2.22. The normalized spacial score (nSPS) is 14.1. The molecule has 0 spiro atoms. The van der Waals surface area contributed by atoms with Crippen LogP contribution < -0.4 is 16.8 Å². The minimum Gasteiger partial charge on any atom is -0.383 e. The third-order valence-electron chi connectivity index (χ3n) is 6.04. The number of morpholine rings is 1. The molecule has 0 atom stereocenters. The maximum atomic E-state index is 12.5. The lowest BCUT2D eigenvalue weighted by atomic mass is 10.0. The minimum absolute atomic E-state index is 0.120. The van der Waals surface area contributed by atoms with Crippen LogP contribution in [0.3, 0.4) is 0 Å². The van der Waals surface area contributed by atoms with Crippen molar-refractivity contribution in [1.29, 1.82) is 0 Å². The number of amides is 2. The van der Waals surface area contributed by atoms with Crippen LogP contribution in [0, 0.1) is 6.92 Å². The highest BCUT2D eigenvalue weighted by atomic mass is 16.5. The predicted octanol–water partition coefficient (Wildman–Crippen LogP) is 1.80. The Morgan fingerprint density at radius 3 is 2.44 bits per heavy atom. The number of anilines is 1. The molecule has 4 rings (SSSR count). The van der Waals surface area contributed by atoms with Gasteiger partial charge < -0.3 is 21.5 Å². The molecule has 1 aliphatic heterocycles. The summed E-state index contributed by atoms with van der Waals surface area (Å²) in [7, 11) is 0. The molecular formula is C25H30N6O3. The van der Waals surface area contributed by atoms with Crippen molar-refractivity contribution in [2.75, 3.05) is 38.6 Å². The first-order valence-corrected chi connectivity index (χ1v) is 11.3. The number of nitrogens with two attached hydrogens (primary N) is 2. The van der Waals surface area contributed by atoms with Crippen LogP contribution in [0.15, 0.2) is 48.5 Å². The van der Waals surface area contributed by atoms with E-state index in [9.17, 15) is 9.59 Å². The molecule has 0 saturated carbocycles. The average molecular weight is 463 g/mol. The van der Waals surface area contributed by atoms with Crippen molar-refractivity contribution in [2.24, 2.45) is 5.73 Å². The molecule has 9 nitrogen and oxygen atoms in total. The van der Waals surface area contributed by atoms with Crippen molar-refractivity contribution in [1.82, 2.24) is 20.0 Å². The van der Waals surface area contributed by atoms with Crippen molar-refractivity contribution in [3.05, 3.63) is 70.8 Å². The Kier molecular flexibility index (Phi) is 7.24. The number of nitrogen functional groups attached to an aromatic ring is 1. The molecule has 2 amide bonds. The molecule has 0 bridgehead atoms. The molecule has 0 unspecified atom stereocenters. The minimum atomic E-state index is -0.611. The number of nitrogens with one attached hydrogen (secondary N) is 1. The first-order chi connectivity index (χ1) is 16.4. The molecule has 1 aromatic heterocycles. The van der Waals surface area contributed by atoms with Gasteiger partial charge in [0.15, 0.2) is 0 Å². The van der Waals surface area contributed by atoms with Crippen LogP contribution in [-0.2, 0) is 17.8 Å². The maximum absolute atomic E-state index is 12.5. The van der Waals surface area contributed by atoms with E-state index < -0.39 is 5.91 Å². The lowest BCUT2D eigenvalue weighted by Gasteiger charge is -2.26. The highest BCUT2D eigenvalue weighted by Crippen LogP contribution is 2.27. The van der Waals surface area contributed by atoms with Gasteiger partial charge in [-0.3, -0.25) is 14.5 Å². The molecule has 34 heavy (non-hydrogen) atoms. The largest absolute Gasteiger partial charge is 0.383 e. The third-order valence-corrected chi connectivity index (χ3v) is 6.04. The maximum Gasteiger partial charge on any atom is 0.254 e. The van der Waals surface area contributed by atoms with Gasteiger partial charge in [0.1, 0.15) is 17.1 Å². The number of aromatic nitrogens is 2. The molecule has 2 aromatic carbocycles. The summed E-state index contributed by atoms with van der Waals surface area (Å²) < 4.78 is 7.02. The third kappa shape index (κ3) is 5.27. The summed E-state index contributed by atoms with van der Waals surface area (Å²) in [5, 5.41) is 7.54.